The topological polar surface area (TPSA) is 37.8 Å². The van der Waals surface area contributed by atoms with Gasteiger partial charge in [-0.25, -0.2) is 4.98 Å². The number of nitrogens with zero attached hydrogens (tertiary/aromatic N) is 2. The van der Waals surface area contributed by atoms with Crippen LogP contribution in [0.3, 0.4) is 0 Å². The molecule has 98 valence electrons. The Kier molecular flexibility index (Phi) is 3.48. The molecule has 1 atom stereocenters. The lowest BCUT2D eigenvalue weighted by Gasteiger charge is -2.13. The zero-order valence-electron chi connectivity index (χ0n) is 10.9. The highest BCUT2D eigenvalue weighted by Crippen LogP contribution is 2.30. The molecule has 0 aromatic carbocycles. The van der Waals surface area contributed by atoms with Crippen molar-refractivity contribution in [3.8, 4) is 0 Å². The van der Waals surface area contributed by atoms with Crippen molar-refractivity contribution in [3.63, 3.8) is 0 Å². The van der Waals surface area contributed by atoms with Gasteiger partial charge in [0.05, 0.1) is 32.6 Å². The summed E-state index contributed by atoms with van der Waals surface area (Å²) in [7, 11) is 0. The van der Waals surface area contributed by atoms with Crippen LogP contribution in [0.25, 0.3) is 10.2 Å². The average molecular weight is 289 g/mol. The quantitative estimate of drug-likeness (QED) is 0.769. The van der Waals surface area contributed by atoms with Crippen LogP contribution in [0.2, 0.25) is 0 Å². The van der Waals surface area contributed by atoms with E-state index in [9.17, 15) is 0 Å². The molecule has 0 radical (unpaired) electrons. The summed E-state index contributed by atoms with van der Waals surface area (Å²) in [4.78, 5) is 8.99. The number of pyridine rings is 1. The second-order valence-corrected chi connectivity index (χ2v) is 6.24. The number of aromatic nitrogens is 2. The van der Waals surface area contributed by atoms with Crippen LogP contribution >= 0.6 is 22.7 Å². The standard InChI is InChI=1S/C14H15N3S2/c1-3-13-17-12(8-19-13)9(2)16-11-4-6-15-10-5-7-18-14(10)11/h4-9H,3H2,1-2H3,(H,15,16). The zero-order chi connectivity index (χ0) is 13.2. The van der Waals surface area contributed by atoms with E-state index in [2.05, 4.69) is 39.9 Å². The minimum absolute atomic E-state index is 0.212. The molecule has 3 nitrogen and oxygen atoms in total. The largest absolute Gasteiger partial charge is 0.376 e. The van der Waals surface area contributed by atoms with Gasteiger partial charge in [0.15, 0.2) is 0 Å². The summed E-state index contributed by atoms with van der Waals surface area (Å²) >= 11 is 3.45. The fourth-order valence-electron chi connectivity index (χ4n) is 1.98. The Morgan fingerprint density at radius 2 is 2.21 bits per heavy atom. The summed E-state index contributed by atoms with van der Waals surface area (Å²) in [6.07, 6.45) is 2.85. The van der Waals surface area contributed by atoms with E-state index in [1.807, 2.05) is 18.3 Å². The van der Waals surface area contributed by atoms with Crippen LogP contribution in [-0.2, 0) is 6.42 Å². The minimum atomic E-state index is 0.212. The normalized spacial score (nSPS) is 12.7. The molecule has 5 heteroatoms. The molecule has 0 aliphatic heterocycles. The first kappa shape index (κ1) is 12.6. The molecule has 3 aromatic rings. The molecule has 1 N–H and O–H groups in total. The Labute approximate surface area is 120 Å². The lowest BCUT2D eigenvalue weighted by atomic mass is 10.2. The Bertz CT molecular complexity index is 687. The minimum Gasteiger partial charge on any atom is -0.376 e. The molecule has 0 fully saturated rings. The Morgan fingerprint density at radius 1 is 1.32 bits per heavy atom. The number of thiazole rings is 1. The number of anilines is 1. The lowest BCUT2D eigenvalue weighted by molar-refractivity contribution is 0.841. The van der Waals surface area contributed by atoms with Gasteiger partial charge in [-0.1, -0.05) is 6.92 Å². The van der Waals surface area contributed by atoms with Gasteiger partial charge in [0.25, 0.3) is 0 Å². The fraction of sp³-hybridized carbons (Fsp3) is 0.286. The number of fused-ring (bicyclic) bond motifs is 1. The van der Waals surface area contributed by atoms with Crippen molar-refractivity contribution in [1.29, 1.82) is 0 Å². The SMILES string of the molecule is CCc1nc(C(C)Nc2ccnc3ccsc23)cs1. The maximum atomic E-state index is 4.64. The highest BCUT2D eigenvalue weighted by atomic mass is 32.1. The first-order valence-corrected chi connectivity index (χ1v) is 8.07. The molecule has 3 aromatic heterocycles. The number of hydrogen-bond donors (Lipinski definition) is 1. The Morgan fingerprint density at radius 3 is 3.00 bits per heavy atom. The molecule has 3 rings (SSSR count). The van der Waals surface area contributed by atoms with Crippen molar-refractivity contribution in [2.45, 2.75) is 26.3 Å². The van der Waals surface area contributed by atoms with Crippen LogP contribution in [-0.4, -0.2) is 9.97 Å². The van der Waals surface area contributed by atoms with Gasteiger partial charge in [0.1, 0.15) is 0 Å². The third-order valence-electron chi connectivity index (χ3n) is 3.03. The highest BCUT2D eigenvalue weighted by molar-refractivity contribution is 7.17. The van der Waals surface area contributed by atoms with Gasteiger partial charge in [-0.2, -0.15) is 0 Å². The summed E-state index contributed by atoms with van der Waals surface area (Å²) in [5, 5.41) is 8.95. The third-order valence-corrected chi connectivity index (χ3v) is 4.98. The maximum absolute atomic E-state index is 4.64. The summed E-state index contributed by atoms with van der Waals surface area (Å²) in [6, 6.07) is 4.29. The van der Waals surface area contributed by atoms with E-state index in [1.54, 1.807) is 22.7 Å². The second kappa shape index (κ2) is 5.27. The Hall–Kier alpha value is -1.46. The van der Waals surface area contributed by atoms with Gasteiger partial charge < -0.3 is 5.32 Å². The van der Waals surface area contributed by atoms with Gasteiger partial charge in [0.2, 0.25) is 0 Å². The van der Waals surface area contributed by atoms with Crippen molar-refractivity contribution < 1.29 is 0 Å². The molecule has 0 aliphatic rings. The number of rotatable bonds is 4. The molecule has 0 saturated carbocycles. The van der Waals surface area contributed by atoms with E-state index in [-0.39, 0.29) is 6.04 Å². The van der Waals surface area contributed by atoms with E-state index in [0.29, 0.717) is 0 Å². The van der Waals surface area contributed by atoms with E-state index < -0.39 is 0 Å². The number of aryl methyl sites for hydroxylation is 1. The predicted molar refractivity (Wildman–Crippen MR) is 83.1 cm³/mol. The first-order chi connectivity index (χ1) is 9.28. The van der Waals surface area contributed by atoms with Crippen LogP contribution in [0.4, 0.5) is 5.69 Å². The molecule has 0 saturated heterocycles. The monoisotopic (exact) mass is 289 g/mol. The average Bonchev–Trinajstić information content (AvgIpc) is 3.08. The molecule has 0 aliphatic carbocycles. The zero-order valence-corrected chi connectivity index (χ0v) is 12.5. The molecule has 19 heavy (non-hydrogen) atoms. The van der Waals surface area contributed by atoms with E-state index in [0.717, 1.165) is 23.3 Å². The molecule has 0 amide bonds. The van der Waals surface area contributed by atoms with Crippen LogP contribution in [0.5, 0.6) is 0 Å². The van der Waals surface area contributed by atoms with Gasteiger partial charge in [-0.3, -0.25) is 4.98 Å². The van der Waals surface area contributed by atoms with E-state index in [4.69, 9.17) is 0 Å². The predicted octanol–water partition coefficient (Wildman–Crippen LogP) is 4.49. The van der Waals surface area contributed by atoms with Gasteiger partial charge >= 0.3 is 0 Å². The van der Waals surface area contributed by atoms with Crippen molar-refractivity contribution in [3.05, 3.63) is 39.8 Å². The summed E-state index contributed by atoms with van der Waals surface area (Å²) in [6.45, 7) is 4.28. The van der Waals surface area contributed by atoms with Gasteiger partial charge in [-0.15, -0.1) is 22.7 Å². The molecule has 0 bridgehead atoms. The fourth-order valence-corrected chi connectivity index (χ4v) is 3.65. The van der Waals surface area contributed by atoms with Crippen LogP contribution in [0.1, 0.15) is 30.6 Å². The lowest BCUT2D eigenvalue weighted by Crippen LogP contribution is -2.07. The number of hydrogen-bond acceptors (Lipinski definition) is 5. The van der Waals surface area contributed by atoms with Crippen molar-refractivity contribution in [2.75, 3.05) is 5.32 Å². The molecular formula is C14H15N3S2. The highest BCUT2D eigenvalue weighted by Gasteiger charge is 2.11. The van der Waals surface area contributed by atoms with Crippen LogP contribution < -0.4 is 5.32 Å². The first-order valence-electron chi connectivity index (χ1n) is 6.31. The molecule has 1 unspecified atom stereocenters. The maximum Gasteiger partial charge on any atom is 0.0926 e. The molecular weight excluding hydrogens is 274 g/mol. The smallest absolute Gasteiger partial charge is 0.0926 e. The number of nitrogens with one attached hydrogen (secondary N) is 1. The van der Waals surface area contributed by atoms with Crippen LogP contribution in [0, 0.1) is 0 Å². The van der Waals surface area contributed by atoms with E-state index in [1.165, 1.54) is 9.71 Å². The van der Waals surface area contributed by atoms with Crippen molar-refractivity contribution in [1.82, 2.24) is 9.97 Å². The van der Waals surface area contributed by atoms with Gasteiger partial charge in [-0.05, 0) is 30.9 Å². The van der Waals surface area contributed by atoms with Crippen molar-refractivity contribution in [2.24, 2.45) is 0 Å². The van der Waals surface area contributed by atoms with Gasteiger partial charge in [0, 0.05) is 11.6 Å². The molecule has 3 heterocycles. The summed E-state index contributed by atoms with van der Waals surface area (Å²) in [5.41, 5.74) is 3.30. The third kappa shape index (κ3) is 2.48. The Balaban J connectivity index is 1.86. The van der Waals surface area contributed by atoms with Crippen LogP contribution in [0.15, 0.2) is 29.1 Å². The van der Waals surface area contributed by atoms with Crippen molar-refractivity contribution >= 4 is 38.6 Å². The van der Waals surface area contributed by atoms with E-state index >= 15 is 0 Å². The molecule has 0 spiro atoms. The summed E-state index contributed by atoms with van der Waals surface area (Å²) in [5.74, 6) is 0. The number of thiophene rings is 1. The second-order valence-electron chi connectivity index (χ2n) is 4.38. The summed E-state index contributed by atoms with van der Waals surface area (Å²) < 4.78 is 1.21.